The lowest BCUT2D eigenvalue weighted by Crippen LogP contribution is -3.00. The maximum absolute atomic E-state index is 5.41. The van der Waals surface area contributed by atoms with Crippen LogP contribution in [0.5, 0.6) is 0 Å². The molecule has 1 aliphatic heterocycles. The van der Waals surface area contributed by atoms with Gasteiger partial charge in [-0.05, 0) is 5.56 Å². The van der Waals surface area contributed by atoms with Gasteiger partial charge in [0.25, 0.3) is 5.95 Å². The molecule has 140 valence electrons. The summed E-state index contributed by atoms with van der Waals surface area (Å²) in [5.41, 5.74) is 3.93. The van der Waals surface area contributed by atoms with Gasteiger partial charge in [-0.25, -0.2) is 5.43 Å². The molecule has 1 aliphatic rings. The molecular formula is C17H24ClN7O. The lowest BCUT2D eigenvalue weighted by Gasteiger charge is -2.28. The number of quaternary nitrogens is 1. The van der Waals surface area contributed by atoms with Gasteiger partial charge >= 0.3 is 5.95 Å². The number of rotatable bonds is 5. The van der Waals surface area contributed by atoms with E-state index in [-0.39, 0.29) is 12.4 Å². The van der Waals surface area contributed by atoms with Crippen LogP contribution >= 0.6 is 0 Å². The average molecular weight is 378 g/mol. The summed E-state index contributed by atoms with van der Waals surface area (Å²) in [7, 11) is 6.07. The van der Waals surface area contributed by atoms with Crippen LogP contribution in [0.4, 0.5) is 17.8 Å². The summed E-state index contributed by atoms with van der Waals surface area (Å²) in [4.78, 5) is 15.7. The van der Waals surface area contributed by atoms with Crippen LogP contribution in [0.15, 0.2) is 35.4 Å². The van der Waals surface area contributed by atoms with Crippen molar-refractivity contribution in [3.05, 3.63) is 35.9 Å². The minimum absolute atomic E-state index is 0. The zero-order valence-corrected chi connectivity index (χ0v) is 16.0. The Labute approximate surface area is 159 Å². The minimum atomic E-state index is 0. The molecule has 1 saturated heterocycles. The highest BCUT2D eigenvalue weighted by Crippen LogP contribution is 2.19. The number of anilines is 2. The van der Waals surface area contributed by atoms with E-state index in [1.165, 1.54) is 0 Å². The Morgan fingerprint density at radius 2 is 1.77 bits per heavy atom. The van der Waals surface area contributed by atoms with Crippen molar-refractivity contribution in [3.63, 3.8) is 0 Å². The molecule has 2 aromatic rings. The van der Waals surface area contributed by atoms with Crippen LogP contribution in [-0.2, 0) is 4.74 Å². The van der Waals surface area contributed by atoms with Crippen LogP contribution in [0.1, 0.15) is 5.56 Å². The number of nitrogens with one attached hydrogen (secondary N) is 1. The van der Waals surface area contributed by atoms with Crippen LogP contribution in [0.3, 0.4) is 0 Å². The molecule has 2 heterocycles. The molecule has 0 amide bonds. The van der Waals surface area contributed by atoms with E-state index in [0.717, 1.165) is 18.7 Å². The highest BCUT2D eigenvalue weighted by atomic mass is 35.5. The SMILES string of the molecule is C[N+](C)(C)c1nc(N/N=C/c2ccccc2)nc(N2CCOCC2)n1.[Cl-]. The van der Waals surface area contributed by atoms with Gasteiger partial charge in [-0.1, -0.05) is 30.3 Å². The zero-order chi connectivity index (χ0) is 17.7. The predicted molar refractivity (Wildman–Crippen MR) is 100 cm³/mol. The third-order valence-corrected chi connectivity index (χ3v) is 3.68. The maximum Gasteiger partial charge on any atom is 0.334 e. The summed E-state index contributed by atoms with van der Waals surface area (Å²) in [6, 6.07) is 9.87. The number of nitrogens with zero attached hydrogens (tertiary/aromatic N) is 6. The normalized spacial score (nSPS) is 15.0. The summed E-state index contributed by atoms with van der Waals surface area (Å²) < 4.78 is 5.90. The van der Waals surface area contributed by atoms with Gasteiger partial charge in [0.05, 0.1) is 40.6 Å². The fourth-order valence-electron chi connectivity index (χ4n) is 2.31. The lowest BCUT2D eigenvalue weighted by molar-refractivity contribution is -0.00000629. The van der Waals surface area contributed by atoms with Crippen molar-refractivity contribution in [3.8, 4) is 0 Å². The molecule has 0 aliphatic carbocycles. The smallest absolute Gasteiger partial charge is 0.334 e. The lowest BCUT2D eigenvalue weighted by atomic mass is 10.2. The maximum atomic E-state index is 5.41. The van der Waals surface area contributed by atoms with Crippen molar-refractivity contribution in [1.29, 1.82) is 0 Å². The topological polar surface area (TPSA) is 75.5 Å². The summed E-state index contributed by atoms with van der Waals surface area (Å²) >= 11 is 0. The minimum Gasteiger partial charge on any atom is -1.00 e. The molecule has 0 radical (unpaired) electrons. The molecule has 26 heavy (non-hydrogen) atoms. The van der Waals surface area contributed by atoms with Crippen molar-refractivity contribution in [2.45, 2.75) is 0 Å². The Hall–Kier alpha value is -2.29. The number of hydrogen-bond donors (Lipinski definition) is 1. The van der Waals surface area contributed by atoms with E-state index in [0.29, 0.717) is 35.5 Å². The number of halogens is 1. The fourth-order valence-corrected chi connectivity index (χ4v) is 2.31. The first-order valence-electron chi connectivity index (χ1n) is 8.27. The number of ether oxygens (including phenoxy) is 1. The monoisotopic (exact) mass is 377 g/mol. The van der Waals surface area contributed by atoms with E-state index in [1.54, 1.807) is 6.21 Å². The van der Waals surface area contributed by atoms with Crippen molar-refractivity contribution in [1.82, 2.24) is 19.4 Å². The largest absolute Gasteiger partial charge is 1.00 e. The third kappa shape index (κ3) is 5.35. The highest BCUT2D eigenvalue weighted by Gasteiger charge is 2.23. The van der Waals surface area contributed by atoms with E-state index in [9.17, 15) is 0 Å². The van der Waals surface area contributed by atoms with E-state index < -0.39 is 0 Å². The molecule has 0 unspecified atom stereocenters. The van der Waals surface area contributed by atoms with Crippen LogP contribution in [0, 0.1) is 0 Å². The molecule has 8 nitrogen and oxygen atoms in total. The van der Waals surface area contributed by atoms with Crippen LogP contribution in [-0.4, -0.2) is 68.6 Å². The number of aromatic nitrogens is 3. The van der Waals surface area contributed by atoms with E-state index in [4.69, 9.17) is 4.74 Å². The fraction of sp³-hybridized carbons (Fsp3) is 0.412. The Morgan fingerprint density at radius 1 is 1.08 bits per heavy atom. The molecule has 1 N–H and O–H groups in total. The van der Waals surface area contributed by atoms with Gasteiger partial charge in [-0.2, -0.15) is 10.1 Å². The van der Waals surface area contributed by atoms with Crippen molar-refractivity contribution >= 4 is 24.1 Å². The van der Waals surface area contributed by atoms with Gasteiger partial charge in [0.15, 0.2) is 0 Å². The Balaban J connectivity index is 0.00000243. The van der Waals surface area contributed by atoms with Gasteiger partial charge in [0, 0.05) is 13.1 Å². The summed E-state index contributed by atoms with van der Waals surface area (Å²) in [5.74, 6) is 1.76. The summed E-state index contributed by atoms with van der Waals surface area (Å²) in [6.07, 6.45) is 1.74. The highest BCUT2D eigenvalue weighted by molar-refractivity contribution is 5.79. The van der Waals surface area contributed by atoms with Crippen molar-refractivity contribution in [2.24, 2.45) is 5.10 Å². The third-order valence-electron chi connectivity index (χ3n) is 3.68. The molecule has 0 spiro atoms. The summed E-state index contributed by atoms with van der Waals surface area (Å²) in [6.45, 7) is 2.90. The van der Waals surface area contributed by atoms with Gasteiger partial charge in [0.2, 0.25) is 5.95 Å². The number of hydrogen-bond acceptors (Lipinski definition) is 7. The van der Waals surface area contributed by atoms with Crippen molar-refractivity contribution < 1.29 is 17.1 Å². The number of hydrazone groups is 1. The first-order chi connectivity index (χ1) is 12.0. The van der Waals surface area contributed by atoms with Crippen LogP contribution in [0.2, 0.25) is 0 Å². The number of benzene rings is 1. The first kappa shape index (κ1) is 20.0. The second-order valence-electron chi connectivity index (χ2n) is 6.65. The molecule has 9 heteroatoms. The molecule has 1 fully saturated rings. The van der Waals surface area contributed by atoms with Gasteiger partial charge in [0.1, 0.15) is 0 Å². The first-order valence-corrected chi connectivity index (χ1v) is 8.27. The van der Waals surface area contributed by atoms with Gasteiger partial charge < -0.3 is 22.0 Å². The van der Waals surface area contributed by atoms with E-state index in [1.807, 2.05) is 51.5 Å². The Morgan fingerprint density at radius 3 is 2.42 bits per heavy atom. The molecule has 1 aromatic heterocycles. The molecule has 1 aromatic carbocycles. The average Bonchev–Trinajstić information content (AvgIpc) is 2.62. The van der Waals surface area contributed by atoms with E-state index >= 15 is 0 Å². The zero-order valence-electron chi connectivity index (χ0n) is 15.3. The van der Waals surface area contributed by atoms with Gasteiger partial charge in [-0.3, -0.25) is 4.48 Å². The standard InChI is InChI=1S/C17H24N7O.ClH/c1-24(2,3)17-20-15(22-18-13-14-7-5-4-6-8-14)19-16(21-17)23-9-11-25-12-10-23;/h4-8,13H,9-12H2,1-3H3,(H,19,20,21,22);1H/q+1;/p-1/b18-13+;. The molecular weight excluding hydrogens is 354 g/mol. The molecule has 0 atom stereocenters. The van der Waals surface area contributed by atoms with Gasteiger partial charge in [-0.15, -0.1) is 9.97 Å². The second-order valence-corrected chi connectivity index (χ2v) is 6.65. The predicted octanol–water partition coefficient (Wildman–Crippen LogP) is -1.65. The number of morpholine rings is 1. The summed E-state index contributed by atoms with van der Waals surface area (Å²) in [5, 5.41) is 4.24. The van der Waals surface area contributed by atoms with E-state index in [2.05, 4.69) is 30.4 Å². The molecule has 0 saturated carbocycles. The quantitative estimate of drug-likeness (QED) is 0.382. The second kappa shape index (κ2) is 8.88. The molecule has 3 rings (SSSR count). The van der Waals surface area contributed by atoms with Crippen molar-refractivity contribution in [2.75, 3.05) is 57.8 Å². The van der Waals surface area contributed by atoms with Crippen LogP contribution < -0.4 is 27.2 Å². The Bertz CT molecular complexity index is 728. The van der Waals surface area contributed by atoms with Crippen LogP contribution in [0.25, 0.3) is 0 Å². The Kier molecular flexibility index (Phi) is 6.84. The molecule has 0 bridgehead atoms.